The van der Waals surface area contributed by atoms with Crippen molar-refractivity contribution in [3.05, 3.63) is 29.3 Å². The Morgan fingerprint density at radius 2 is 2.00 bits per heavy atom. The Morgan fingerprint density at radius 3 is 2.69 bits per heavy atom. The average molecular weight is 199 g/mol. The molecule has 0 saturated carbocycles. The molecule has 0 spiro atoms. The molecule has 2 N–H and O–H groups in total. The summed E-state index contributed by atoms with van der Waals surface area (Å²) in [5.74, 6) is 0. The van der Waals surface area contributed by atoms with Gasteiger partial charge in [0.15, 0.2) is 0 Å². The van der Waals surface area contributed by atoms with Gasteiger partial charge >= 0.3 is 0 Å². The van der Waals surface area contributed by atoms with Gasteiger partial charge in [0.2, 0.25) is 0 Å². The van der Waals surface area contributed by atoms with Crippen LogP contribution in [0.25, 0.3) is 0 Å². The maximum absolute atomic E-state index is 5.96. The van der Waals surface area contributed by atoms with E-state index in [2.05, 4.69) is 10.6 Å². The third kappa shape index (κ3) is 3.66. The third-order valence-corrected chi connectivity index (χ3v) is 2.12. The lowest BCUT2D eigenvalue weighted by Crippen LogP contribution is -2.12. The maximum atomic E-state index is 5.96. The second kappa shape index (κ2) is 5.84. The van der Waals surface area contributed by atoms with Crippen molar-refractivity contribution in [2.45, 2.75) is 6.42 Å². The van der Waals surface area contributed by atoms with Gasteiger partial charge in [-0.3, -0.25) is 0 Å². The highest BCUT2D eigenvalue weighted by Gasteiger charge is 1.95. The predicted octanol–water partition coefficient (Wildman–Crippen LogP) is 2.36. The van der Waals surface area contributed by atoms with E-state index in [1.807, 2.05) is 31.3 Å². The molecule has 72 valence electrons. The lowest BCUT2D eigenvalue weighted by Gasteiger charge is -2.07. The summed E-state index contributed by atoms with van der Waals surface area (Å²) in [6.45, 7) is 1.97. The van der Waals surface area contributed by atoms with Crippen molar-refractivity contribution >= 4 is 17.3 Å². The molecule has 1 aromatic rings. The highest BCUT2D eigenvalue weighted by Crippen LogP contribution is 2.19. The first kappa shape index (κ1) is 10.4. The number of halogens is 1. The van der Waals surface area contributed by atoms with Gasteiger partial charge in [0.05, 0.1) is 10.7 Å². The zero-order chi connectivity index (χ0) is 9.52. The van der Waals surface area contributed by atoms with Crippen LogP contribution in [-0.4, -0.2) is 20.1 Å². The molecule has 0 radical (unpaired) electrons. The van der Waals surface area contributed by atoms with Crippen molar-refractivity contribution in [2.75, 3.05) is 25.5 Å². The van der Waals surface area contributed by atoms with E-state index >= 15 is 0 Å². The van der Waals surface area contributed by atoms with Crippen molar-refractivity contribution in [2.24, 2.45) is 0 Å². The molecule has 0 bridgehead atoms. The quantitative estimate of drug-likeness (QED) is 0.710. The summed E-state index contributed by atoms with van der Waals surface area (Å²) in [5.41, 5.74) is 1.01. The highest BCUT2D eigenvalue weighted by molar-refractivity contribution is 6.33. The molecular weight excluding hydrogens is 184 g/mol. The number of para-hydroxylation sites is 1. The summed E-state index contributed by atoms with van der Waals surface area (Å²) in [5, 5.41) is 7.16. The van der Waals surface area contributed by atoms with E-state index in [9.17, 15) is 0 Å². The summed E-state index contributed by atoms with van der Waals surface area (Å²) < 4.78 is 0. The maximum Gasteiger partial charge on any atom is 0.0637 e. The van der Waals surface area contributed by atoms with Crippen molar-refractivity contribution in [3.8, 4) is 0 Å². The normalized spacial score (nSPS) is 10.0. The zero-order valence-corrected chi connectivity index (χ0v) is 8.56. The summed E-state index contributed by atoms with van der Waals surface area (Å²) in [6, 6.07) is 7.79. The van der Waals surface area contributed by atoms with Gasteiger partial charge in [-0.25, -0.2) is 0 Å². The minimum absolute atomic E-state index is 0.784. The van der Waals surface area contributed by atoms with Crippen LogP contribution in [0.2, 0.25) is 5.02 Å². The number of nitrogens with one attached hydrogen (secondary N) is 2. The van der Waals surface area contributed by atoms with E-state index in [-0.39, 0.29) is 0 Å². The summed E-state index contributed by atoms with van der Waals surface area (Å²) in [6.07, 6.45) is 1.10. The molecule has 0 aliphatic carbocycles. The second-order valence-electron chi connectivity index (χ2n) is 2.86. The van der Waals surface area contributed by atoms with Gasteiger partial charge in [-0.05, 0) is 32.1 Å². The van der Waals surface area contributed by atoms with Crippen LogP contribution in [0.15, 0.2) is 24.3 Å². The molecule has 0 aliphatic heterocycles. The van der Waals surface area contributed by atoms with E-state index in [1.165, 1.54) is 0 Å². The molecule has 0 aromatic heterocycles. The van der Waals surface area contributed by atoms with Crippen LogP contribution < -0.4 is 10.6 Å². The van der Waals surface area contributed by atoms with Gasteiger partial charge in [0.1, 0.15) is 0 Å². The van der Waals surface area contributed by atoms with Crippen molar-refractivity contribution in [1.29, 1.82) is 0 Å². The van der Waals surface area contributed by atoms with Crippen molar-refractivity contribution in [3.63, 3.8) is 0 Å². The Kier molecular flexibility index (Phi) is 4.65. The van der Waals surface area contributed by atoms with Crippen LogP contribution in [0.3, 0.4) is 0 Å². The lowest BCUT2D eigenvalue weighted by molar-refractivity contribution is 0.748. The van der Waals surface area contributed by atoms with Gasteiger partial charge < -0.3 is 10.6 Å². The number of hydrogen-bond acceptors (Lipinski definition) is 2. The van der Waals surface area contributed by atoms with Gasteiger partial charge in [-0.15, -0.1) is 0 Å². The Labute approximate surface area is 84.3 Å². The van der Waals surface area contributed by atoms with E-state index in [4.69, 9.17) is 11.6 Å². The largest absolute Gasteiger partial charge is 0.384 e. The van der Waals surface area contributed by atoms with Gasteiger partial charge in [0, 0.05) is 6.54 Å². The van der Waals surface area contributed by atoms with Crippen LogP contribution in [0.1, 0.15) is 6.42 Å². The molecular formula is C10H15ClN2. The molecule has 0 heterocycles. The smallest absolute Gasteiger partial charge is 0.0637 e. The first-order valence-electron chi connectivity index (χ1n) is 4.47. The molecule has 1 aromatic carbocycles. The Hall–Kier alpha value is -0.730. The molecule has 0 amide bonds. The highest BCUT2D eigenvalue weighted by atomic mass is 35.5. The number of hydrogen-bond donors (Lipinski definition) is 2. The Bertz CT molecular complexity index is 250. The topological polar surface area (TPSA) is 24.1 Å². The van der Waals surface area contributed by atoms with Crippen LogP contribution in [0, 0.1) is 0 Å². The van der Waals surface area contributed by atoms with E-state index in [1.54, 1.807) is 0 Å². The minimum atomic E-state index is 0.784. The molecule has 0 unspecified atom stereocenters. The van der Waals surface area contributed by atoms with E-state index in [0.717, 1.165) is 30.2 Å². The summed E-state index contributed by atoms with van der Waals surface area (Å²) >= 11 is 5.96. The molecule has 0 atom stereocenters. The fourth-order valence-electron chi connectivity index (χ4n) is 1.09. The van der Waals surface area contributed by atoms with Gasteiger partial charge in [-0.2, -0.15) is 0 Å². The van der Waals surface area contributed by atoms with Crippen LogP contribution in [-0.2, 0) is 0 Å². The molecule has 0 fully saturated rings. The SMILES string of the molecule is CNCCCNc1ccccc1Cl. The van der Waals surface area contributed by atoms with Gasteiger partial charge in [-0.1, -0.05) is 23.7 Å². The minimum Gasteiger partial charge on any atom is -0.384 e. The molecule has 13 heavy (non-hydrogen) atoms. The van der Waals surface area contributed by atoms with Crippen LogP contribution in [0.4, 0.5) is 5.69 Å². The van der Waals surface area contributed by atoms with Crippen molar-refractivity contribution in [1.82, 2.24) is 5.32 Å². The first-order chi connectivity index (χ1) is 6.34. The predicted molar refractivity (Wildman–Crippen MR) is 58.5 cm³/mol. The number of benzene rings is 1. The molecule has 1 rings (SSSR count). The monoisotopic (exact) mass is 198 g/mol. The molecule has 0 saturated heterocycles. The standard InChI is InChI=1S/C10H15ClN2/c1-12-7-4-8-13-10-6-3-2-5-9(10)11/h2-3,5-6,12-13H,4,7-8H2,1H3. The Balaban J connectivity index is 2.32. The second-order valence-corrected chi connectivity index (χ2v) is 3.27. The van der Waals surface area contributed by atoms with Gasteiger partial charge in [0.25, 0.3) is 0 Å². The fourth-order valence-corrected chi connectivity index (χ4v) is 1.30. The lowest BCUT2D eigenvalue weighted by atomic mass is 10.3. The fraction of sp³-hybridized carbons (Fsp3) is 0.400. The van der Waals surface area contributed by atoms with Crippen LogP contribution >= 0.6 is 11.6 Å². The first-order valence-corrected chi connectivity index (χ1v) is 4.85. The average Bonchev–Trinajstić information content (AvgIpc) is 2.15. The zero-order valence-electron chi connectivity index (χ0n) is 7.81. The summed E-state index contributed by atoms with van der Waals surface area (Å²) in [7, 11) is 1.95. The molecule has 3 heteroatoms. The molecule has 2 nitrogen and oxygen atoms in total. The van der Waals surface area contributed by atoms with Crippen molar-refractivity contribution < 1.29 is 0 Å². The van der Waals surface area contributed by atoms with E-state index < -0.39 is 0 Å². The van der Waals surface area contributed by atoms with Crippen LogP contribution in [0.5, 0.6) is 0 Å². The third-order valence-electron chi connectivity index (χ3n) is 1.79. The van der Waals surface area contributed by atoms with E-state index in [0.29, 0.717) is 0 Å². The number of anilines is 1. The number of rotatable bonds is 5. The summed E-state index contributed by atoms with van der Waals surface area (Å²) in [4.78, 5) is 0. The molecule has 0 aliphatic rings. The Morgan fingerprint density at radius 1 is 1.23 bits per heavy atom.